The molecule has 0 atom stereocenters. The topological polar surface area (TPSA) is 67.2 Å². The zero-order chi connectivity index (χ0) is 14.6. The summed E-state index contributed by atoms with van der Waals surface area (Å²) in [4.78, 5) is 4.19. The standard InChI is InChI=1S/C13H24N4O2S/c1-3-16(20(2,18)19)8-4-7-14-9-13-10-15-11-17(13)12-5-6-12/h10-12,14H,3-9H2,1-2H3. The first-order valence-corrected chi connectivity index (χ1v) is 9.03. The molecule has 0 bridgehead atoms. The lowest BCUT2D eigenvalue weighted by Crippen LogP contribution is -2.32. The maximum atomic E-state index is 11.4. The number of nitrogens with zero attached hydrogens (tertiary/aromatic N) is 3. The van der Waals surface area contributed by atoms with Crippen LogP contribution in [0.4, 0.5) is 0 Å². The van der Waals surface area contributed by atoms with E-state index < -0.39 is 10.0 Å². The zero-order valence-electron chi connectivity index (χ0n) is 12.2. The summed E-state index contributed by atoms with van der Waals surface area (Å²) >= 11 is 0. The first-order chi connectivity index (χ1) is 9.52. The SMILES string of the molecule is CCN(CCCNCc1cncn1C1CC1)S(C)(=O)=O. The van der Waals surface area contributed by atoms with E-state index in [1.54, 1.807) is 0 Å². The van der Waals surface area contributed by atoms with Crippen LogP contribution in [0.1, 0.15) is 37.9 Å². The Balaban J connectivity index is 1.67. The second-order valence-corrected chi connectivity index (χ2v) is 7.29. The fraction of sp³-hybridized carbons (Fsp3) is 0.769. The van der Waals surface area contributed by atoms with Gasteiger partial charge in [-0.2, -0.15) is 0 Å². The minimum atomic E-state index is -3.06. The molecule has 0 aliphatic heterocycles. The highest BCUT2D eigenvalue weighted by Crippen LogP contribution is 2.35. The van der Waals surface area contributed by atoms with E-state index >= 15 is 0 Å². The maximum Gasteiger partial charge on any atom is 0.211 e. The number of imidazole rings is 1. The third-order valence-electron chi connectivity index (χ3n) is 3.58. The number of aromatic nitrogens is 2. The molecule has 1 N–H and O–H groups in total. The number of rotatable bonds is 9. The molecule has 1 aromatic heterocycles. The Bertz CT molecular complexity index is 522. The number of hydrogen-bond acceptors (Lipinski definition) is 4. The van der Waals surface area contributed by atoms with E-state index in [0.717, 1.165) is 19.5 Å². The van der Waals surface area contributed by atoms with Gasteiger partial charge in [-0.3, -0.25) is 0 Å². The van der Waals surface area contributed by atoms with Gasteiger partial charge in [0.15, 0.2) is 0 Å². The molecule has 7 heteroatoms. The Kier molecular flexibility index (Phi) is 5.17. The van der Waals surface area contributed by atoms with Crippen molar-refractivity contribution in [3.05, 3.63) is 18.2 Å². The van der Waals surface area contributed by atoms with Gasteiger partial charge in [-0.15, -0.1) is 0 Å². The Hall–Kier alpha value is -0.920. The summed E-state index contributed by atoms with van der Waals surface area (Å²) in [6.45, 7) is 4.57. The van der Waals surface area contributed by atoms with Gasteiger partial charge in [0.2, 0.25) is 10.0 Å². The van der Waals surface area contributed by atoms with Gasteiger partial charge in [0, 0.05) is 31.9 Å². The maximum absolute atomic E-state index is 11.4. The molecule has 1 aliphatic rings. The molecular weight excluding hydrogens is 276 g/mol. The van der Waals surface area contributed by atoms with E-state index in [-0.39, 0.29) is 0 Å². The minimum absolute atomic E-state index is 0.535. The van der Waals surface area contributed by atoms with Crippen molar-refractivity contribution in [3.8, 4) is 0 Å². The molecule has 0 radical (unpaired) electrons. The van der Waals surface area contributed by atoms with Crippen LogP contribution in [0.3, 0.4) is 0 Å². The largest absolute Gasteiger partial charge is 0.330 e. The van der Waals surface area contributed by atoms with Crippen molar-refractivity contribution in [2.45, 2.75) is 38.8 Å². The van der Waals surface area contributed by atoms with Gasteiger partial charge in [0.25, 0.3) is 0 Å². The van der Waals surface area contributed by atoms with Crippen LogP contribution in [0.15, 0.2) is 12.5 Å². The summed E-state index contributed by atoms with van der Waals surface area (Å²) in [7, 11) is -3.06. The Morgan fingerprint density at radius 3 is 2.85 bits per heavy atom. The highest BCUT2D eigenvalue weighted by Gasteiger charge is 2.24. The summed E-state index contributed by atoms with van der Waals surface area (Å²) in [6, 6.07) is 0.648. The minimum Gasteiger partial charge on any atom is -0.330 e. The quantitative estimate of drug-likeness (QED) is 0.690. The van der Waals surface area contributed by atoms with Crippen LogP contribution in [0, 0.1) is 0 Å². The highest BCUT2D eigenvalue weighted by molar-refractivity contribution is 7.88. The molecule has 1 aliphatic carbocycles. The molecule has 6 nitrogen and oxygen atoms in total. The Morgan fingerprint density at radius 1 is 1.50 bits per heavy atom. The van der Waals surface area contributed by atoms with Crippen LogP contribution < -0.4 is 5.32 Å². The van der Waals surface area contributed by atoms with Crippen LogP contribution in [-0.2, 0) is 16.6 Å². The summed E-state index contributed by atoms with van der Waals surface area (Å²) in [5.74, 6) is 0. The van der Waals surface area contributed by atoms with Crippen LogP contribution in [-0.4, -0.2) is 48.2 Å². The van der Waals surface area contributed by atoms with Crippen LogP contribution in [0.2, 0.25) is 0 Å². The summed E-state index contributed by atoms with van der Waals surface area (Å²) in [6.07, 6.45) is 8.39. The van der Waals surface area contributed by atoms with Crippen molar-refractivity contribution in [1.29, 1.82) is 0 Å². The molecule has 2 rings (SSSR count). The van der Waals surface area contributed by atoms with E-state index in [0.29, 0.717) is 19.1 Å². The van der Waals surface area contributed by atoms with E-state index in [1.165, 1.54) is 29.1 Å². The fourth-order valence-electron chi connectivity index (χ4n) is 2.31. The van der Waals surface area contributed by atoms with Crippen molar-refractivity contribution in [1.82, 2.24) is 19.2 Å². The van der Waals surface area contributed by atoms with Crippen molar-refractivity contribution in [2.75, 3.05) is 25.9 Å². The summed E-state index contributed by atoms with van der Waals surface area (Å²) in [5.41, 5.74) is 1.21. The Labute approximate surface area is 121 Å². The molecule has 0 amide bonds. The van der Waals surface area contributed by atoms with Gasteiger partial charge >= 0.3 is 0 Å². The van der Waals surface area contributed by atoms with Crippen LogP contribution in [0.25, 0.3) is 0 Å². The van der Waals surface area contributed by atoms with Crippen molar-refractivity contribution < 1.29 is 8.42 Å². The molecule has 0 spiro atoms. The van der Waals surface area contributed by atoms with Crippen LogP contribution in [0.5, 0.6) is 0 Å². The second kappa shape index (κ2) is 6.69. The highest BCUT2D eigenvalue weighted by atomic mass is 32.2. The lowest BCUT2D eigenvalue weighted by atomic mass is 10.4. The van der Waals surface area contributed by atoms with Gasteiger partial charge < -0.3 is 9.88 Å². The molecule has 114 valence electrons. The molecule has 20 heavy (non-hydrogen) atoms. The number of sulfonamides is 1. The van der Waals surface area contributed by atoms with Crippen molar-refractivity contribution in [3.63, 3.8) is 0 Å². The lowest BCUT2D eigenvalue weighted by Gasteiger charge is -2.17. The number of nitrogens with one attached hydrogen (secondary N) is 1. The van der Waals surface area contributed by atoms with Crippen molar-refractivity contribution in [2.24, 2.45) is 0 Å². The van der Waals surface area contributed by atoms with E-state index in [1.807, 2.05) is 19.4 Å². The number of hydrogen-bond donors (Lipinski definition) is 1. The summed E-state index contributed by atoms with van der Waals surface area (Å²) in [5, 5.41) is 3.36. The van der Waals surface area contributed by atoms with Crippen LogP contribution >= 0.6 is 0 Å². The smallest absolute Gasteiger partial charge is 0.211 e. The van der Waals surface area contributed by atoms with E-state index in [2.05, 4.69) is 14.9 Å². The van der Waals surface area contributed by atoms with Gasteiger partial charge in [-0.25, -0.2) is 17.7 Å². The summed E-state index contributed by atoms with van der Waals surface area (Å²) < 4.78 is 26.6. The Morgan fingerprint density at radius 2 is 2.25 bits per heavy atom. The van der Waals surface area contributed by atoms with Gasteiger partial charge in [-0.05, 0) is 25.8 Å². The average Bonchev–Trinajstić information content (AvgIpc) is 3.12. The second-order valence-electron chi connectivity index (χ2n) is 5.31. The van der Waals surface area contributed by atoms with E-state index in [9.17, 15) is 8.42 Å². The third-order valence-corrected chi connectivity index (χ3v) is 4.95. The normalized spacial score (nSPS) is 15.9. The molecule has 0 aromatic carbocycles. The predicted molar refractivity (Wildman–Crippen MR) is 78.9 cm³/mol. The van der Waals surface area contributed by atoms with Gasteiger partial charge in [-0.1, -0.05) is 6.92 Å². The zero-order valence-corrected chi connectivity index (χ0v) is 13.1. The lowest BCUT2D eigenvalue weighted by molar-refractivity contribution is 0.418. The third kappa shape index (κ3) is 4.29. The molecule has 0 saturated heterocycles. The molecule has 0 unspecified atom stereocenters. The molecular formula is C13H24N4O2S. The van der Waals surface area contributed by atoms with Crippen molar-refractivity contribution >= 4 is 10.0 Å². The average molecular weight is 300 g/mol. The first-order valence-electron chi connectivity index (χ1n) is 7.19. The fourth-order valence-corrected chi connectivity index (χ4v) is 3.24. The molecule has 1 saturated carbocycles. The monoisotopic (exact) mass is 300 g/mol. The molecule has 1 fully saturated rings. The first kappa shape index (κ1) is 15.5. The van der Waals surface area contributed by atoms with Gasteiger partial charge in [0.05, 0.1) is 18.3 Å². The predicted octanol–water partition coefficient (Wildman–Crippen LogP) is 0.979. The van der Waals surface area contributed by atoms with Gasteiger partial charge in [0.1, 0.15) is 0 Å². The molecule has 1 aromatic rings. The molecule has 1 heterocycles. The van der Waals surface area contributed by atoms with E-state index in [4.69, 9.17) is 0 Å².